The molecule has 3 N–H and O–H groups in total. The summed E-state index contributed by atoms with van der Waals surface area (Å²) >= 11 is 0. The average Bonchev–Trinajstić information content (AvgIpc) is 2.44. The molecule has 1 rings (SSSR count). The molecule has 7 heteroatoms. The van der Waals surface area contributed by atoms with Crippen molar-refractivity contribution in [2.45, 2.75) is 51.0 Å². The monoisotopic (exact) mass is 331 g/mol. The van der Waals surface area contributed by atoms with Gasteiger partial charge in [0.05, 0.1) is 34.6 Å². The van der Waals surface area contributed by atoms with Crippen molar-refractivity contribution in [3.05, 3.63) is 0 Å². The first kappa shape index (κ1) is 20.0. The van der Waals surface area contributed by atoms with Crippen LogP contribution in [-0.4, -0.2) is 90.1 Å². The third-order valence-corrected chi connectivity index (χ3v) is 4.99. The van der Waals surface area contributed by atoms with Crippen molar-refractivity contribution in [3.8, 4) is 0 Å². The molecule has 2 amide bonds. The van der Waals surface area contributed by atoms with Crippen LogP contribution in [0.25, 0.3) is 0 Å². The standard InChI is InChI=1S/C16H32N3O4/c1-12(20)10-18(3,4)16(19(5,6)11-13(2)21)9-7-8-14(22)17-15(16)23/h12-13,20-21H,7-11H2,1-6H3/q+1/p+1. The molecule has 1 fully saturated rings. The fourth-order valence-corrected chi connectivity index (χ4v) is 4.41. The van der Waals surface area contributed by atoms with Crippen molar-refractivity contribution in [2.24, 2.45) is 0 Å². The normalized spacial score (nSPS) is 26.4. The molecule has 1 heterocycles. The van der Waals surface area contributed by atoms with Gasteiger partial charge in [0.25, 0.3) is 0 Å². The van der Waals surface area contributed by atoms with Crippen LogP contribution in [0.3, 0.4) is 0 Å². The minimum atomic E-state index is -0.958. The average molecular weight is 331 g/mol. The van der Waals surface area contributed by atoms with Gasteiger partial charge in [-0.15, -0.1) is 0 Å². The Hall–Kier alpha value is -1.02. The van der Waals surface area contributed by atoms with Gasteiger partial charge in [0.15, 0.2) is 0 Å². The number of carbonyl (C=O) groups is 2. The van der Waals surface area contributed by atoms with Crippen molar-refractivity contribution in [1.82, 2.24) is 5.32 Å². The van der Waals surface area contributed by atoms with Gasteiger partial charge in [-0.25, -0.2) is 0 Å². The quantitative estimate of drug-likeness (QED) is 0.345. The van der Waals surface area contributed by atoms with Gasteiger partial charge in [-0.1, -0.05) is 0 Å². The maximum absolute atomic E-state index is 13.1. The number of hydrogen-bond acceptors (Lipinski definition) is 4. The number of carbonyl (C=O) groups excluding carboxylic acids is 2. The molecule has 0 radical (unpaired) electrons. The second-order valence-electron chi connectivity index (χ2n) is 7.98. The molecule has 134 valence electrons. The van der Waals surface area contributed by atoms with Gasteiger partial charge in [-0.2, -0.15) is 0 Å². The van der Waals surface area contributed by atoms with Crippen LogP contribution < -0.4 is 5.32 Å². The lowest BCUT2D eigenvalue weighted by atomic mass is 9.93. The topological polar surface area (TPSA) is 86.6 Å². The number of rotatable bonds is 6. The number of nitrogens with one attached hydrogen (secondary N) is 1. The molecule has 0 aromatic heterocycles. The maximum Gasteiger partial charge on any atom is 0.348 e. The Morgan fingerprint density at radius 3 is 1.87 bits per heavy atom. The fraction of sp³-hybridized carbons (Fsp3) is 0.875. The molecular formula is C16H33N3O4+2. The van der Waals surface area contributed by atoms with Crippen molar-refractivity contribution in [3.63, 3.8) is 0 Å². The molecule has 1 aliphatic heterocycles. The molecule has 0 aromatic rings. The highest BCUT2D eigenvalue weighted by molar-refractivity contribution is 5.99. The Morgan fingerprint density at radius 1 is 1.04 bits per heavy atom. The Kier molecular flexibility index (Phi) is 5.96. The SMILES string of the molecule is CC(O)C[N+](C)(C)C1([N+](C)(C)CC(C)O)CCCC(=O)NC1=O. The highest BCUT2D eigenvalue weighted by Crippen LogP contribution is 2.37. The van der Waals surface area contributed by atoms with E-state index >= 15 is 0 Å². The highest BCUT2D eigenvalue weighted by Gasteiger charge is 2.64. The lowest BCUT2D eigenvalue weighted by molar-refractivity contribution is -1.13. The summed E-state index contributed by atoms with van der Waals surface area (Å²) in [5.74, 6) is -0.581. The van der Waals surface area contributed by atoms with Crippen LogP contribution in [0.2, 0.25) is 0 Å². The maximum atomic E-state index is 13.1. The third-order valence-electron chi connectivity index (χ3n) is 4.99. The van der Waals surface area contributed by atoms with Crippen molar-refractivity contribution in [2.75, 3.05) is 41.3 Å². The van der Waals surface area contributed by atoms with Crippen molar-refractivity contribution >= 4 is 11.8 Å². The Balaban J connectivity index is 3.46. The van der Waals surface area contributed by atoms with Gasteiger partial charge < -0.3 is 10.2 Å². The van der Waals surface area contributed by atoms with E-state index in [0.717, 1.165) is 0 Å². The Labute approximate surface area is 139 Å². The molecule has 0 bridgehead atoms. The summed E-state index contributed by atoms with van der Waals surface area (Å²) in [7, 11) is 7.63. The van der Waals surface area contributed by atoms with Gasteiger partial charge in [0, 0.05) is 6.42 Å². The van der Waals surface area contributed by atoms with Crippen LogP contribution in [-0.2, 0) is 9.59 Å². The van der Waals surface area contributed by atoms with E-state index < -0.39 is 17.9 Å². The molecule has 0 saturated carbocycles. The van der Waals surface area contributed by atoms with Gasteiger partial charge in [-0.3, -0.25) is 23.9 Å². The summed E-state index contributed by atoms with van der Waals surface area (Å²) in [6, 6.07) is 0. The molecule has 23 heavy (non-hydrogen) atoms. The van der Waals surface area contributed by atoms with E-state index in [9.17, 15) is 19.8 Å². The number of aliphatic hydroxyl groups is 2. The first-order valence-corrected chi connectivity index (χ1v) is 8.22. The smallest absolute Gasteiger partial charge is 0.348 e. The van der Waals surface area contributed by atoms with Crippen LogP contribution in [0.4, 0.5) is 0 Å². The number of likely N-dealkylation sites (N-methyl/N-ethyl adjacent to an activating group) is 2. The summed E-state index contributed by atoms with van der Waals surface area (Å²) in [5, 5.41) is 22.4. The first-order chi connectivity index (χ1) is 10.4. The van der Waals surface area contributed by atoms with Gasteiger partial charge >= 0.3 is 11.6 Å². The van der Waals surface area contributed by atoms with Crippen LogP contribution >= 0.6 is 0 Å². The van der Waals surface area contributed by atoms with E-state index in [1.807, 2.05) is 28.2 Å². The molecule has 2 atom stereocenters. The fourth-order valence-electron chi connectivity index (χ4n) is 4.41. The lowest BCUT2D eigenvalue weighted by Crippen LogP contribution is -2.81. The summed E-state index contributed by atoms with van der Waals surface area (Å²) in [6.07, 6.45) is 0.266. The number of amides is 2. The van der Waals surface area contributed by atoms with Gasteiger partial charge in [0.1, 0.15) is 25.3 Å². The largest absolute Gasteiger partial charge is 0.388 e. The molecule has 1 saturated heterocycles. The van der Waals surface area contributed by atoms with E-state index in [2.05, 4.69) is 5.32 Å². The first-order valence-electron chi connectivity index (χ1n) is 8.22. The summed E-state index contributed by atoms with van der Waals surface area (Å²) in [6.45, 7) is 4.15. The molecular weight excluding hydrogens is 298 g/mol. The summed E-state index contributed by atoms with van der Waals surface area (Å²) < 4.78 is 0.479. The number of hydrogen-bond donors (Lipinski definition) is 3. The predicted molar refractivity (Wildman–Crippen MR) is 87.0 cm³/mol. The third kappa shape index (κ3) is 3.91. The molecule has 0 spiro atoms. The second-order valence-corrected chi connectivity index (χ2v) is 7.98. The second kappa shape index (κ2) is 6.84. The van der Waals surface area contributed by atoms with Crippen LogP contribution in [0.15, 0.2) is 0 Å². The zero-order valence-corrected chi connectivity index (χ0v) is 15.3. The molecule has 1 aliphatic rings. The highest BCUT2D eigenvalue weighted by atomic mass is 16.3. The van der Waals surface area contributed by atoms with E-state index in [4.69, 9.17) is 0 Å². The number of nitrogens with zero attached hydrogens (tertiary/aromatic N) is 2. The van der Waals surface area contributed by atoms with Gasteiger partial charge in [-0.05, 0) is 20.3 Å². The predicted octanol–water partition coefficient (Wildman–Crippen LogP) is -0.576. The van der Waals surface area contributed by atoms with E-state index in [-0.39, 0.29) is 20.8 Å². The van der Waals surface area contributed by atoms with Crippen molar-refractivity contribution in [1.29, 1.82) is 0 Å². The van der Waals surface area contributed by atoms with Crippen LogP contribution in [0.5, 0.6) is 0 Å². The van der Waals surface area contributed by atoms with E-state index in [1.165, 1.54) is 0 Å². The minimum Gasteiger partial charge on any atom is -0.388 e. The van der Waals surface area contributed by atoms with E-state index in [1.54, 1.807) is 13.8 Å². The Bertz CT molecular complexity index is 436. The molecule has 0 aromatic carbocycles. The number of imide groups is 1. The van der Waals surface area contributed by atoms with E-state index in [0.29, 0.717) is 32.4 Å². The van der Waals surface area contributed by atoms with Crippen molar-refractivity contribution < 1.29 is 28.8 Å². The molecule has 7 nitrogen and oxygen atoms in total. The number of aliphatic hydroxyl groups excluding tert-OH is 2. The number of quaternary nitrogens is 2. The summed E-state index contributed by atoms with van der Waals surface area (Å²) in [5.41, 5.74) is -0.958. The minimum absolute atomic E-state index is 0.240. The lowest BCUT2D eigenvalue weighted by Gasteiger charge is -2.54. The molecule has 0 aliphatic carbocycles. The Morgan fingerprint density at radius 2 is 1.48 bits per heavy atom. The van der Waals surface area contributed by atoms with Gasteiger partial charge in [0.2, 0.25) is 5.91 Å². The van der Waals surface area contributed by atoms with Crippen LogP contribution in [0, 0.1) is 0 Å². The summed E-state index contributed by atoms with van der Waals surface area (Å²) in [4.78, 5) is 24.9. The zero-order chi connectivity index (χ0) is 18.1. The zero-order valence-electron chi connectivity index (χ0n) is 15.3. The van der Waals surface area contributed by atoms with Crippen LogP contribution in [0.1, 0.15) is 33.1 Å². The molecule has 2 unspecified atom stereocenters.